The van der Waals surface area contributed by atoms with E-state index in [0.29, 0.717) is 36.2 Å². The Morgan fingerprint density at radius 1 is 1.15 bits per heavy atom. The molecule has 184 valence electrons. The van der Waals surface area contributed by atoms with Crippen LogP contribution in [0.15, 0.2) is 24.3 Å². The third kappa shape index (κ3) is 5.10. The standard InChI is InChI=1S/C24H28F3N3O4/c1-5-29-15(4)20(14(3)21(29)22(32)34-6-2)19(31)13-30(16-11-12-16)23(33)28-18-10-8-7-9-17(18)24(25,26)27/h7-10,16H,5-6,11-13H2,1-4H3,(H,28,33). The van der Waals surface area contributed by atoms with E-state index in [1.807, 2.05) is 6.92 Å². The van der Waals surface area contributed by atoms with Gasteiger partial charge in [0.15, 0.2) is 5.78 Å². The molecule has 1 saturated carbocycles. The van der Waals surface area contributed by atoms with Gasteiger partial charge in [0, 0.05) is 23.8 Å². The number of alkyl halides is 3. The summed E-state index contributed by atoms with van der Waals surface area (Å²) in [7, 11) is 0. The van der Waals surface area contributed by atoms with Crippen molar-refractivity contribution in [2.24, 2.45) is 0 Å². The van der Waals surface area contributed by atoms with Gasteiger partial charge in [-0.25, -0.2) is 9.59 Å². The molecule has 10 heteroatoms. The van der Waals surface area contributed by atoms with Crippen LogP contribution in [0.2, 0.25) is 0 Å². The maximum atomic E-state index is 13.3. The van der Waals surface area contributed by atoms with Crippen LogP contribution in [0.1, 0.15) is 64.4 Å². The summed E-state index contributed by atoms with van der Waals surface area (Å²) in [4.78, 5) is 40.0. The summed E-state index contributed by atoms with van der Waals surface area (Å²) in [6.45, 7) is 7.20. The molecule has 2 amide bonds. The number of carbonyl (C=O) groups excluding carboxylic acids is 3. The predicted molar refractivity (Wildman–Crippen MR) is 120 cm³/mol. The molecule has 1 aliphatic carbocycles. The van der Waals surface area contributed by atoms with Crippen LogP contribution in [0.4, 0.5) is 23.7 Å². The SMILES string of the molecule is CCOC(=O)c1c(C)c(C(=O)CN(C(=O)Nc2ccccc2C(F)(F)F)C2CC2)c(C)n1CC. The number of nitrogens with zero attached hydrogens (tertiary/aromatic N) is 2. The number of benzene rings is 1. The van der Waals surface area contributed by atoms with Gasteiger partial charge in [-0.05, 0) is 58.2 Å². The fourth-order valence-electron chi connectivity index (χ4n) is 4.18. The monoisotopic (exact) mass is 479 g/mol. The first-order valence-electron chi connectivity index (χ1n) is 11.1. The van der Waals surface area contributed by atoms with E-state index in [9.17, 15) is 27.6 Å². The van der Waals surface area contributed by atoms with E-state index in [1.54, 1.807) is 25.3 Å². The van der Waals surface area contributed by atoms with Crippen LogP contribution in [-0.2, 0) is 17.5 Å². The van der Waals surface area contributed by atoms with E-state index in [-0.39, 0.29) is 36.4 Å². The molecule has 0 spiro atoms. The number of nitrogens with one attached hydrogen (secondary N) is 1. The number of para-hydroxylation sites is 1. The minimum atomic E-state index is -4.63. The number of amides is 2. The summed E-state index contributed by atoms with van der Waals surface area (Å²) < 4.78 is 46.8. The predicted octanol–water partition coefficient (Wildman–Crippen LogP) is 5.20. The second-order valence-corrected chi connectivity index (χ2v) is 8.15. The van der Waals surface area contributed by atoms with Gasteiger partial charge in [-0.2, -0.15) is 13.2 Å². The summed E-state index contributed by atoms with van der Waals surface area (Å²) in [6, 6.07) is 3.69. The van der Waals surface area contributed by atoms with Crippen LogP contribution in [0.25, 0.3) is 0 Å². The molecule has 1 fully saturated rings. The van der Waals surface area contributed by atoms with Crippen LogP contribution < -0.4 is 5.32 Å². The molecule has 1 aromatic heterocycles. The van der Waals surface area contributed by atoms with Crippen molar-refractivity contribution in [3.63, 3.8) is 0 Å². The molecule has 3 rings (SSSR count). The van der Waals surface area contributed by atoms with E-state index >= 15 is 0 Å². The van der Waals surface area contributed by atoms with Crippen LogP contribution in [0.5, 0.6) is 0 Å². The summed E-state index contributed by atoms with van der Waals surface area (Å²) >= 11 is 0. The minimum absolute atomic E-state index is 0.185. The lowest BCUT2D eigenvalue weighted by Crippen LogP contribution is -2.41. The number of anilines is 1. The lowest BCUT2D eigenvalue weighted by molar-refractivity contribution is -0.136. The molecule has 34 heavy (non-hydrogen) atoms. The van der Waals surface area contributed by atoms with E-state index in [1.165, 1.54) is 23.1 Å². The number of esters is 1. The second-order valence-electron chi connectivity index (χ2n) is 8.15. The van der Waals surface area contributed by atoms with E-state index < -0.39 is 23.7 Å². The molecule has 0 bridgehead atoms. The Hall–Kier alpha value is -3.30. The minimum Gasteiger partial charge on any atom is -0.461 e. The van der Waals surface area contributed by atoms with Crippen molar-refractivity contribution in [2.75, 3.05) is 18.5 Å². The first kappa shape index (κ1) is 25.3. The van der Waals surface area contributed by atoms with Gasteiger partial charge in [-0.1, -0.05) is 12.1 Å². The van der Waals surface area contributed by atoms with Crippen molar-refractivity contribution >= 4 is 23.5 Å². The lowest BCUT2D eigenvalue weighted by atomic mass is 10.1. The smallest absolute Gasteiger partial charge is 0.418 e. The van der Waals surface area contributed by atoms with Crippen molar-refractivity contribution < 1.29 is 32.3 Å². The quantitative estimate of drug-likeness (QED) is 0.417. The molecular formula is C24H28F3N3O4. The van der Waals surface area contributed by atoms with Crippen molar-refractivity contribution in [1.82, 2.24) is 9.47 Å². The van der Waals surface area contributed by atoms with Gasteiger partial charge in [0.1, 0.15) is 5.69 Å². The number of ketones is 1. The van der Waals surface area contributed by atoms with E-state index in [0.717, 1.165) is 6.07 Å². The van der Waals surface area contributed by atoms with Crippen LogP contribution in [0, 0.1) is 13.8 Å². The normalized spacial score (nSPS) is 13.5. The van der Waals surface area contributed by atoms with Gasteiger partial charge in [0.2, 0.25) is 0 Å². The number of hydrogen-bond donors (Lipinski definition) is 1. The van der Waals surface area contributed by atoms with Crippen molar-refractivity contribution in [3.8, 4) is 0 Å². The average molecular weight is 479 g/mol. The first-order chi connectivity index (χ1) is 16.0. The van der Waals surface area contributed by atoms with Gasteiger partial charge in [0.05, 0.1) is 24.4 Å². The number of hydrogen-bond acceptors (Lipinski definition) is 4. The van der Waals surface area contributed by atoms with Crippen LogP contribution >= 0.6 is 0 Å². The van der Waals surface area contributed by atoms with Crippen molar-refractivity contribution in [2.45, 2.75) is 59.3 Å². The lowest BCUT2D eigenvalue weighted by Gasteiger charge is -2.23. The summed E-state index contributed by atoms with van der Waals surface area (Å²) in [5.74, 6) is -0.927. The van der Waals surface area contributed by atoms with Crippen LogP contribution in [-0.4, -0.2) is 46.4 Å². The molecule has 0 radical (unpaired) electrons. The Balaban J connectivity index is 1.87. The Labute approximate surface area is 195 Å². The van der Waals surface area contributed by atoms with E-state index in [2.05, 4.69) is 5.32 Å². The zero-order chi connectivity index (χ0) is 25.2. The zero-order valence-electron chi connectivity index (χ0n) is 19.6. The molecule has 1 heterocycles. The van der Waals surface area contributed by atoms with Gasteiger partial charge < -0.3 is 19.5 Å². The molecule has 1 N–H and O–H groups in total. The molecule has 0 atom stereocenters. The van der Waals surface area contributed by atoms with Gasteiger partial charge in [-0.3, -0.25) is 4.79 Å². The zero-order valence-corrected chi connectivity index (χ0v) is 19.6. The van der Waals surface area contributed by atoms with Gasteiger partial charge >= 0.3 is 18.2 Å². The summed E-state index contributed by atoms with van der Waals surface area (Å²) in [5, 5.41) is 2.32. The largest absolute Gasteiger partial charge is 0.461 e. The van der Waals surface area contributed by atoms with Crippen LogP contribution in [0.3, 0.4) is 0 Å². The highest BCUT2D eigenvalue weighted by atomic mass is 19.4. The fourth-order valence-corrected chi connectivity index (χ4v) is 4.18. The number of ether oxygens (including phenoxy) is 1. The molecular weight excluding hydrogens is 451 g/mol. The molecule has 0 unspecified atom stereocenters. The molecule has 7 nitrogen and oxygen atoms in total. The fraction of sp³-hybridized carbons (Fsp3) is 0.458. The van der Waals surface area contributed by atoms with Crippen molar-refractivity contribution in [1.29, 1.82) is 0 Å². The third-order valence-corrected chi connectivity index (χ3v) is 5.87. The number of aromatic nitrogens is 1. The summed E-state index contributed by atoms with van der Waals surface area (Å²) in [6.07, 6.45) is -3.32. The Morgan fingerprint density at radius 2 is 1.79 bits per heavy atom. The first-order valence-corrected chi connectivity index (χ1v) is 11.1. The third-order valence-electron chi connectivity index (χ3n) is 5.87. The molecule has 0 saturated heterocycles. The maximum Gasteiger partial charge on any atom is 0.418 e. The van der Waals surface area contributed by atoms with E-state index in [4.69, 9.17) is 4.74 Å². The molecule has 0 aliphatic heterocycles. The highest BCUT2D eigenvalue weighted by molar-refractivity contribution is 6.05. The number of urea groups is 1. The second kappa shape index (κ2) is 9.90. The molecule has 1 aliphatic rings. The number of carbonyl (C=O) groups is 3. The molecule has 2 aromatic rings. The highest BCUT2D eigenvalue weighted by Crippen LogP contribution is 2.35. The summed E-state index contributed by atoms with van der Waals surface area (Å²) in [5.41, 5.74) is 0.308. The average Bonchev–Trinajstić information content (AvgIpc) is 3.56. The Morgan fingerprint density at radius 3 is 2.35 bits per heavy atom. The Bertz CT molecular complexity index is 1100. The maximum absolute atomic E-state index is 13.3. The Kier molecular flexibility index (Phi) is 7.38. The topological polar surface area (TPSA) is 80.6 Å². The number of Topliss-reactive ketones (excluding diaryl/α,β-unsaturated/α-hetero) is 1. The van der Waals surface area contributed by atoms with Gasteiger partial charge in [0.25, 0.3) is 0 Å². The highest BCUT2D eigenvalue weighted by Gasteiger charge is 2.38. The van der Waals surface area contributed by atoms with Crippen molar-refractivity contribution in [3.05, 3.63) is 52.3 Å². The molecule has 1 aromatic carbocycles. The number of rotatable bonds is 8. The van der Waals surface area contributed by atoms with Gasteiger partial charge in [-0.15, -0.1) is 0 Å². The number of halogens is 3.